The summed E-state index contributed by atoms with van der Waals surface area (Å²) in [7, 11) is 4.04. The van der Waals surface area contributed by atoms with Gasteiger partial charge in [0, 0.05) is 19.6 Å². The van der Waals surface area contributed by atoms with E-state index in [1.54, 1.807) is 11.3 Å². The Hall–Kier alpha value is -0.940. The van der Waals surface area contributed by atoms with Crippen molar-refractivity contribution in [1.82, 2.24) is 14.8 Å². The van der Waals surface area contributed by atoms with Crippen LogP contribution in [0.25, 0.3) is 0 Å². The van der Waals surface area contributed by atoms with Crippen LogP contribution in [0.5, 0.6) is 0 Å². The van der Waals surface area contributed by atoms with Crippen LogP contribution in [0, 0.1) is 12.8 Å². The molecule has 5 heteroatoms. The minimum Gasteiger partial charge on any atom is -0.338 e. The van der Waals surface area contributed by atoms with Gasteiger partial charge in [-0.15, -0.1) is 11.3 Å². The molecule has 1 saturated heterocycles. The minimum absolute atomic E-state index is 0.173. The molecule has 1 amide bonds. The number of carbonyl (C=O) groups is 1. The van der Waals surface area contributed by atoms with Gasteiger partial charge in [0.2, 0.25) is 0 Å². The van der Waals surface area contributed by atoms with Crippen molar-refractivity contribution in [2.45, 2.75) is 33.2 Å². The normalized spacial score (nSPS) is 17.2. The van der Waals surface area contributed by atoms with Crippen LogP contribution in [0.15, 0.2) is 0 Å². The molecule has 2 heterocycles. The monoisotopic (exact) mass is 281 g/mol. The van der Waals surface area contributed by atoms with Gasteiger partial charge in [-0.05, 0) is 39.8 Å². The molecule has 2 rings (SSSR count). The van der Waals surface area contributed by atoms with Crippen LogP contribution in [0.1, 0.15) is 40.1 Å². The Morgan fingerprint density at radius 3 is 2.63 bits per heavy atom. The zero-order valence-electron chi connectivity index (χ0n) is 12.3. The third kappa shape index (κ3) is 3.54. The first kappa shape index (κ1) is 14.5. The summed E-state index contributed by atoms with van der Waals surface area (Å²) in [6, 6.07) is 0. The quantitative estimate of drug-likeness (QED) is 0.853. The lowest BCUT2D eigenvalue weighted by Crippen LogP contribution is -2.37. The molecule has 0 saturated carbocycles. The molecule has 1 aliphatic rings. The highest BCUT2D eigenvalue weighted by atomic mass is 32.1. The van der Waals surface area contributed by atoms with E-state index < -0.39 is 0 Å². The molecular weight excluding hydrogens is 258 g/mol. The van der Waals surface area contributed by atoms with E-state index in [4.69, 9.17) is 0 Å². The molecule has 0 unspecified atom stereocenters. The third-order valence-electron chi connectivity index (χ3n) is 3.56. The fraction of sp³-hybridized carbons (Fsp3) is 0.714. The second-order valence-corrected chi connectivity index (χ2v) is 6.82. The van der Waals surface area contributed by atoms with Crippen LogP contribution in [0.4, 0.5) is 0 Å². The zero-order chi connectivity index (χ0) is 14.0. The Balaban J connectivity index is 2.08. The number of amides is 1. The van der Waals surface area contributed by atoms with Crippen LogP contribution in [0.2, 0.25) is 0 Å². The van der Waals surface area contributed by atoms with E-state index in [2.05, 4.69) is 16.8 Å². The highest BCUT2D eigenvalue weighted by molar-refractivity contribution is 7.13. The predicted octanol–water partition coefficient (Wildman–Crippen LogP) is 2.39. The lowest BCUT2D eigenvalue weighted by atomic mass is 9.99. The molecule has 1 aromatic heterocycles. The summed E-state index contributed by atoms with van der Waals surface area (Å²) in [5, 5.41) is 1.02. The molecule has 106 valence electrons. The molecule has 0 radical (unpaired) electrons. The number of hydrogen-bond acceptors (Lipinski definition) is 4. The van der Waals surface area contributed by atoms with Crippen molar-refractivity contribution in [2.24, 2.45) is 5.92 Å². The molecule has 4 nitrogen and oxygen atoms in total. The molecule has 0 bridgehead atoms. The van der Waals surface area contributed by atoms with Crippen molar-refractivity contribution < 1.29 is 4.79 Å². The van der Waals surface area contributed by atoms with Gasteiger partial charge in [-0.25, -0.2) is 4.98 Å². The van der Waals surface area contributed by atoms with Crippen molar-refractivity contribution in [1.29, 1.82) is 0 Å². The molecule has 0 aromatic carbocycles. The fourth-order valence-corrected chi connectivity index (χ4v) is 3.49. The van der Waals surface area contributed by atoms with Gasteiger partial charge in [0.05, 0.1) is 5.69 Å². The number of piperidine rings is 1. The first-order valence-corrected chi connectivity index (χ1v) is 7.69. The molecule has 0 N–H and O–H groups in total. The van der Waals surface area contributed by atoms with E-state index in [0.717, 1.165) is 54.0 Å². The van der Waals surface area contributed by atoms with Gasteiger partial charge in [-0.3, -0.25) is 4.79 Å². The van der Waals surface area contributed by atoms with Crippen molar-refractivity contribution in [3.8, 4) is 0 Å². The number of rotatable bonds is 3. The Labute approximate surface area is 119 Å². The van der Waals surface area contributed by atoms with Crippen molar-refractivity contribution >= 4 is 17.2 Å². The minimum atomic E-state index is 0.173. The summed E-state index contributed by atoms with van der Waals surface area (Å²) in [6.07, 6.45) is 2.24. The Morgan fingerprint density at radius 1 is 1.42 bits per heavy atom. The number of nitrogens with zero attached hydrogens (tertiary/aromatic N) is 3. The maximum atomic E-state index is 12.5. The standard InChI is InChI=1S/C14H23N3OS/c1-10-5-7-17(8-6-10)14(18)13-11(2)15-12(19-13)9-16(3)4/h10H,5-9H2,1-4H3. The van der Waals surface area contributed by atoms with Crippen LogP contribution < -0.4 is 0 Å². The largest absolute Gasteiger partial charge is 0.338 e. The van der Waals surface area contributed by atoms with Gasteiger partial charge >= 0.3 is 0 Å². The Kier molecular flexibility index (Phi) is 4.58. The number of carbonyl (C=O) groups excluding carboxylic acids is 1. The zero-order valence-corrected chi connectivity index (χ0v) is 13.1. The SMILES string of the molecule is Cc1nc(CN(C)C)sc1C(=O)N1CCC(C)CC1. The topological polar surface area (TPSA) is 36.4 Å². The van der Waals surface area contributed by atoms with Crippen molar-refractivity contribution in [3.63, 3.8) is 0 Å². The van der Waals surface area contributed by atoms with Crippen LogP contribution in [-0.4, -0.2) is 47.9 Å². The highest BCUT2D eigenvalue weighted by Crippen LogP contribution is 2.24. The van der Waals surface area contributed by atoms with Gasteiger partial charge < -0.3 is 9.80 Å². The summed E-state index contributed by atoms with van der Waals surface area (Å²) < 4.78 is 0. The van der Waals surface area contributed by atoms with E-state index in [-0.39, 0.29) is 5.91 Å². The molecule has 19 heavy (non-hydrogen) atoms. The van der Waals surface area contributed by atoms with E-state index in [1.165, 1.54) is 0 Å². The van der Waals surface area contributed by atoms with E-state index in [1.807, 2.05) is 25.9 Å². The average molecular weight is 281 g/mol. The summed E-state index contributed by atoms with van der Waals surface area (Å²) >= 11 is 1.55. The van der Waals surface area contributed by atoms with Crippen molar-refractivity contribution in [3.05, 3.63) is 15.6 Å². The van der Waals surface area contributed by atoms with E-state index >= 15 is 0 Å². The first-order chi connectivity index (χ1) is 8.97. The third-order valence-corrected chi connectivity index (χ3v) is 4.69. The lowest BCUT2D eigenvalue weighted by Gasteiger charge is -2.30. The maximum absolute atomic E-state index is 12.5. The number of aromatic nitrogens is 1. The fourth-order valence-electron chi connectivity index (χ4n) is 2.34. The second-order valence-electron chi connectivity index (χ2n) is 5.73. The van der Waals surface area contributed by atoms with Crippen LogP contribution in [0.3, 0.4) is 0 Å². The lowest BCUT2D eigenvalue weighted by molar-refractivity contribution is 0.0701. The molecule has 1 fully saturated rings. The molecule has 0 atom stereocenters. The van der Waals surface area contributed by atoms with E-state index in [0.29, 0.717) is 0 Å². The second kappa shape index (κ2) is 6.01. The summed E-state index contributed by atoms with van der Waals surface area (Å²) in [4.78, 5) is 21.9. The molecule has 0 aliphatic carbocycles. The van der Waals surface area contributed by atoms with Gasteiger partial charge in [-0.2, -0.15) is 0 Å². The van der Waals surface area contributed by atoms with E-state index in [9.17, 15) is 4.79 Å². The summed E-state index contributed by atoms with van der Waals surface area (Å²) in [5.74, 6) is 0.919. The summed E-state index contributed by atoms with van der Waals surface area (Å²) in [5.41, 5.74) is 0.880. The molecule has 1 aromatic rings. The Morgan fingerprint density at radius 2 is 2.05 bits per heavy atom. The number of thiazole rings is 1. The van der Waals surface area contributed by atoms with Gasteiger partial charge in [0.15, 0.2) is 0 Å². The van der Waals surface area contributed by atoms with Crippen molar-refractivity contribution in [2.75, 3.05) is 27.2 Å². The smallest absolute Gasteiger partial charge is 0.265 e. The average Bonchev–Trinajstić information content (AvgIpc) is 2.69. The number of likely N-dealkylation sites (tertiary alicyclic amines) is 1. The first-order valence-electron chi connectivity index (χ1n) is 6.87. The molecular formula is C14H23N3OS. The molecule has 1 aliphatic heterocycles. The highest BCUT2D eigenvalue weighted by Gasteiger charge is 2.24. The van der Waals surface area contributed by atoms with Gasteiger partial charge in [-0.1, -0.05) is 6.92 Å². The summed E-state index contributed by atoms with van der Waals surface area (Å²) in [6.45, 7) is 6.78. The van der Waals surface area contributed by atoms with Crippen LogP contribution in [-0.2, 0) is 6.54 Å². The van der Waals surface area contributed by atoms with Gasteiger partial charge in [0.25, 0.3) is 5.91 Å². The maximum Gasteiger partial charge on any atom is 0.265 e. The van der Waals surface area contributed by atoms with Crippen LogP contribution >= 0.6 is 11.3 Å². The number of hydrogen-bond donors (Lipinski definition) is 0. The number of aryl methyl sites for hydroxylation is 1. The van der Waals surface area contributed by atoms with Gasteiger partial charge in [0.1, 0.15) is 9.88 Å². The Bertz CT molecular complexity index is 448. The predicted molar refractivity (Wildman–Crippen MR) is 78.5 cm³/mol. The molecule has 0 spiro atoms.